The topological polar surface area (TPSA) is 83.5 Å². The number of hydrogen-bond donors (Lipinski definition) is 1. The van der Waals surface area contributed by atoms with Gasteiger partial charge in [-0.2, -0.15) is 0 Å². The molecule has 1 rings (SSSR count). The molecule has 128 valence electrons. The summed E-state index contributed by atoms with van der Waals surface area (Å²) >= 11 is 0. The van der Waals surface area contributed by atoms with Gasteiger partial charge in [-0.15, -0.1) is 0 Å². The summed E-state index contributed by atoms with van der Waals surface area (Å²) in [5.74, 6) is 0.134. The van der Waals surface area contributed by atoms with Gasteiger partial charge in [0.15, 0.2) is 5.78 Å². The third-order valence-corrected chi connectivity index (χ3v) is 4.74. The Hall–Kier alpha value is -1.73. The van der Waals surface area contributed by atoms with E-state index in [9.17, 15) is 18.0 Å². The van der Waals surface area contributed by atoms with Crippen LogP contribution in [0.4, 0.5) is 0 Å². The zero-order valence-electron chi connectivity index (χ0n) is 14.0. The van der Waals surface area contributed by atoms with Gasteiger partial charge in [-0.05, 0) is 25.0 Å². The van der Waals surface area contributed by atoms with Crippen LogP contribution >= 0.6 is 0 Å². The second-order valence-electron chi connectivity index (χ2n) is 5.90. The van der Waals surface area contributed by atoms with Gasteiger partial charge >= 0.3 is 0 Å². The molecule has 1 N–H and O–H groups in total. The van der Waals surface area contributed by atoms with E-state index in [0.717, 1.165) is 0 Å². The number of nitrogens with one attached hydrogen (secondary N) is 1. The van der Waals surface area contributed by atoms with Gasteiger partial charge in [0, 0.05) is 32.1 Å². The van der Waals surface area contributed by atoms with Gasteiger partial charge in [0.2, 0.25) is 15.9 Å². The smallest absolute Gasteiger partial charge is 0.240 e. The van der Waals surface area contributed by atoms with Gasteiger partial charge in [-0.1, -0.05) is 26.0 Å². The second kappa shape index (κ2) is 8.21. The van der Waals surface area contributed by atoms with E-state index in [-0.39, 0.29) is 29.6 Å². The third-order valence-electron chi connectivity index (χ3n) is 3.27. The number of carbonyl (C=O) groups is 2. The van der Waals surface area contributed by atoms with Crippen molar-refractivity contribution in [2.24, 2.45) is 5.92 Å². The molecule has 7 heteroatoms. The van der Waals surface area contributed by atoms with Gasteiger partial charge in [-0.3, -0.25) is 9.59 Å². The number of ketones is 1. The highest BCUT2D eigenvalue weighted by Gasteiger charge is 2.16. The van der Waals surface area contributed by atoms with Gasteiger partial charge in [0.05, 0.1) is 4.90 Å². The van der Waals surface area contributed by atoms with Crippen molar-refractivity contribution in [2.75, 3.05) is 20.1 Å². The van der Waals surface area contributed by atoms with Crippen LogP contribution in [0.2, 0.25) is 0 Å². The van der Waals surface area contributed by atoms with Crippen molar-refractivity contribution in [3.05, 3.63) is 29.8 Å². The number of carbonyl (C=O) groups excluding carboxylic acids is 2. The minimum Gasteiger partial charge on any atom is -0.345 e. The molecule has 6 nitrogen and oxygen atoms in total. The zero-order chi connectivity index (χ0) is 17.6. The lowest BCUT2D eigenvalue weighted by atomic mass is 10.2. The van der Waals surface area contributed by atoms with Gasteiger partial charge in [0.25, 0.3) is 0 Å². The molecule has 0 fully saturated rings. The summed E-state index contributed by atoms with van der Waals surface area (Å²) in [4.78, 5) is 24.7. The van der Waals surface area contributed by atoms with Crippen molar-refractivity contribution in [3.63, 3.8) is 0 Å². The molecule has 1 amide bonds. The standard InChI is InChI=1S/C16H24N2O4S/c1-12(2)11-18(4)16(20)9-10-17-23(21,22)15-7-5-14(6-8-15)13(3)19/h5-8,12,17H,9-11H2,1-4H3. The van der Waals surface area contributed by atoms with E-state index in [1.165, 1.54) is 31.2 Å². The van der Waals surface area contributed by atoms with Crippen molar-refractivity contribution in [1.29, 1.82) is 0 Å². The fraction of sp³-hybridized carbons (Fsp3) is 0.500. The Morgan fingerprint density at radius 2 is 1.74 bits per heavy atom. The maximum absolute atomic E-state index is 12.1. The summed E-state index contributed by atoms with van der Waals surface area (Å²) in [7, 11) is -1.97. The van der Waals surface area contributed by atoms with Gasteiger partial charge < -0.3 is 4.90 Å². The fourth-order valence-corrected chi connectivity index (χ4v) is 3.12. The first-order valence-corrected chi connectivity index (χ1v) is 8.96. The number of Topliss-reactive ketones (excluding diaryl/α,β-unsaturated/α-hetero) is 1. The predicted molar refractivity (Wildman–Crippen MR) is 88.7 cm³/mol. The first-order valence-electron chi connectivity index (χ1n) is 7.48. The Labute approximate surface area is 137 Å². The average Bonchev–Trinajstić information content (AvgIpc) is 2.46. The Bertz CT molecular complexity index is 651. The van der Waals surface area contributed by atoms with Crippen LogP contribution in [0, 0.1) is 5.92 Å². The molecule has 0 aliphatic heterocycles. The lowest BCUT2D eigenvalue weighted by Gasteiger charge is -2.19. The van der Waals surface area contributed by atoms with E-state index in [4.69, 9.17) is 0 Å². The van der Waals surface area contributed by atoms with Crippen molar-refractivity contribution < 1.29 is 18.0 Å². The average molecular weight is 340 g/mol. The molecule has 0 saturated heterocycles. The van der Waals surface area contributed by atoms with Crippen LogP contribution in [0.5, 0.6) is 0 Å². The van der Waals surface area contributed by atoms with Crippen LogP contribution in [0.3, 0.4) is 0 Å². The maximum atomic E-state index is 12.1. The lowest BCUT2D eigenvalue weighted by Crippen LogP contribution is -2.34. The normalized spacial score (nSPS) is 11.5. The molecule has 0 radical (unpaired) electrons. The number of benzene rings is 1. The summed E-state index contributed by atoms with van der Waals surface area (Å²) in [6.45, 7) is 6.12. The number of nitrogens with zero attached hydrogens (tertiary/aromatic N) is 1. The highest BCUT2D eigenvalue weighted by atomic mass is 32.2. The molecule has 0 aliphatic rings. The van der Waals surface area contributed by atoms with Crippen molar-refractivity contribution in [1.82, 2.24) is 9.62 Å². The molecule has 0 atom stereocenters. The van der Waals surface area contributed by atoms with Crippen molar-refractivity contribution >= 4 is 21.7 Å². The van der Waals surface area contributed by atoms with Crippen LogP contribution < -0.4 is 4.72 Å². The molecular weight excluding hydrogens is 316 g/mol. The summed E-state index contributed by atoms with van der Waals surface area (Å²) in [6, 6.07) is 5.70. The number of amides is 1. The van der Waals surface area contributed by atoms with Crippen LogP contribution in [0.25, 0.3) is 0 Å². The quantitative estimate of drug-likeness (QED) is 0.730. The molecule has 0 heterocycles. The monoisotopic (exact) mass is 340 g/mol. The van der Waals surface area contributed by atoms with E-state index in [2.05, 4.69) is 4.72 Å². The molecule has 0 saturated carbocycles. The number of sulfonamides is 1. The molecule has 1 aromatic rings. The fourth-order valence-electron chi connectivity index (χ4n) is 2.08. The minimum atomic E-state index is -3.68. The highest BCUT2D eigenvalue weighted by Crippen LogP contribution is 2.11. The predicted octanol–water partition coefficient (Wildman–Crippen LogP) is 1.67. The summed E-state index contributed by atoms with van der Waals surface area (Å²) < 4.78 is 26.6. The van der Waals surface area contributed by atoms with Crippen LogP contribution in [0.15, 0.2) is 29.2 Å². The van der Waals surface area contributed by atoms with Crippen molar-refractivity contribution in [3.8, 4) is 0 Å². The number of hydrogen-bond acceptors (Lipinski definition) is 4. The highest BCUT2D eigenvalue weighted by molar-refractivity contribution is 7.89. The summed E-state index contributed by atoms with van der Waals surface area (Å²) in [6.07, 6.45) is 0.105. The van der Waals surface area contributed by atoms with E-state index in [0.29, 0.717) is 18.0 Å². The second-order valence-corrected chi connectivity index (χ2v) is 7.66. The molecule has 0 aromatic heterocycles. The Morgan fingerprint density at radius 3 is 2.22 bits per heavy atom. The van der Waals surface area contributed by atoms with Crippen LogP contribution in [-0.2, 0) is 14.8 Å². The van der Waals surface area contributed by atoms with Gasteiger partial charge in [0.1, 0.15) is 0 Å². The Morgan fingerprint density at radius 1 is 1.17 bits per heavy atom. The molecule has 0 unspecified atom stereocenters. The molecular formula is C16H24N2O4S. The van der Waals surface area contributed by atoms with E-state index >= 15 is 0 Å². The first-order chi connectivity index (χ1) is 10.6. The third kappa shape index (κ3) is 6.11. The van der Waals surface area contributed by atoms with E-state index in [1.54, 1.807) is 11.9 Å². The largest absolute Gasteiger partial charge is 0.345 e. The Balaban J connectivity index is 2.59. The molecule has 0 aliphatic carbocycles. The number of rotatable bonds is 8. The minimum absolute atomic E-state index is 0.0397. The molecule has 1 aromatic carbocycles. The molecule has 0 bridgehead atoms. The SMILES string of the molecule is CC(=O)c1ccc(S(=O)(=O)NCCC(=O)N(C)CC(C)C)cc1. The van der Waals surface area contributed by atoms with Crippen molar-refractivity contribution in [2.45, 2.75) is 32.1 Å². The summed E-state index contributed by atoms with van der Waals surface area (Å²) in [5.41, 5.74) is 0.453. The maximum Gasteiger partial charge on any atom is 0.240 e. The Kier molecular flexibility index (Phi) is 6.90. The van der Waals surface area contributed by atoms with Crippen LogP contribution in [0.1, 0.15) is 37.6 Å². The summed E-state index contributed by atoms with van der Waals surface area (Å²) in [5, 5.41) is 0. The molecule has 23 heavy (non-hydrogen) atoms. The van der Waals surface area contributed by atoms with Crippen LogP contribution in [-0.4, -0.2) is 45.1 Å². The van der Waals surface area contributed by atoms with E-state index in [1.807, 2.05) is 13.8 Å². The zero-order valence-corrected chi connectivity index (χ0v) is 14.8. The molecule has 0 spiro atoms. The lowest BCUT2D eigenvalue weighted by molar-refractivity contribution is -0.130. The van der Waals surface area contributed by atoms with E-state index < -0.39 is 10.0 Å². The van der Waals surface area contributed by atoms with Gasteiger partial charge in [-0.25, -0.2) is 13.1 Å². The first kappa shape index (κ1) is 19.3.